The van der Waals surface area contributed by atoms with E-state index in [0.29, 0.717) is 17.8 Å². The third-order valence-corrected chi connectivity index (χ3v) is 2.75. The second kappa shape index (κ2) is 5.35. The smallest absolute Gasteiger partial charge is 0.339 e. The first kappa shape index (κ1) is 14.4. The lowest BCUT2D eigenvalue weighted by molar-refractivity contribution is 0.0696. The van der Waals surface area contributed by atoms with Gasteiger partial charge in [-0.25, -0.2) is 9.78 Å². The Kier molecular flexibility index (Phi) is 4.29. The molecule has 0 bridgehead atoms. The number of aromatic carboxylic acids is 1. The minimum absolute atomic E-state index is 0.0349. The molecule has 100 valence electrons. The minimum atomic E-state index is -0.998. The van der Waals surface area contributed by atoms with Crippen LogP contribution < -0.4 is 5.32 Å². The summed E-state index contributed by atoms with van der Waals surface area (Å²) in [6, 6.07) is 1.74. The number of aryl methyl sites for hydroxylation is 2. The molecule has 1 heterocycles. The molecule has 0 unspecified atom stereocenters. The number of aliphatic hydroxyl groups is 1. The van der Waals surface area contributed by atoms with Crippen molar-refractivity contribution in [2.45, 2.75) is 39.7 Å². The van der Waals surface area contributed by atoms with E-state index in [1.807, 2.05) is 20.8 Å². The summed E-state index contributed by atoms with van der Waals surface area (Å²) in [5.74, 6) is -0.638. The molecule has 0 aliphatic carbocycles. The van der Waals surface area contributed by atoms with Crippen LogP contribution in [0.15, 0.2) is 6.07 Å². The highest BCUT2D eigenvalue weighted by Gasteiger charge is 2.22. The van der Waals surface area contributed by atoms with Crippen molar-refractivity contribution in [2.24, 2.45) is 0 Å². The molecule has 1 aromatic heterocycles. The van der Waals surface area contributed by atoms with E-state index in [2.05, 4.69) is 10.3 Å². The number of aliphatic hydroxyl groups excluding tert-OH is 1. The number of aromatic nitrogens is 1. The molecule has 1 rings (SSSR count). The fourth-order valence-electron chi connectivity index (χ4n) is 1.86. The van der Waals surface area contributed by atoms with E-state index in [0.717, 1.165) is 5.69 Å². The molecule has 5 nitrogen and oxygen atoms in total. The van der Waals surface area contributed by atoms with Gasteiger partial charge in [0.15, 0.2) is 0 Å². The van der Waals surface area contributed by atoms with Crippen LogP contribution in [0.4, 0.5) is 5.82 Å². The second-order valence-corrected chi connectivity index (χ2v) is 5.09. The monoisotopic (exact) mass is 252 g/mol. The van der Waals surface area contributed by atoms with Crippen molar-refractivity contribution < 1.29 is 15.0 Å². The van der Waals surface area contributed by atoms with Crippen LogP contribution in [-0.4, -0.2) is 33.3 Å². The van der Waals surface area contributed by atoms with Crippen LogP contribution in [0.25, 0.3) is 0 Å². The maximum Gasteiger partial charge on any atom is 0.339 e. The Hall–Kier alpha value is -1.62. The zero-order chi connectivity index (χ0) is 13.9. The van der Waals surface area contributed by atoms with Crippen LogP contribution in [0.2, 0.25) is 0 Å². The van der Waals surface area contributed by atoms with Crippen LogP contribution in [0.1, 0.15) is 41.9 Å². The Morgan fingerprint density at radius 2 is 2.06 bits per heavy atom. The van der Waals surface area contributed by atoms with Crippen LogP contribution in [0.5, 0.6) is 0 Å². The lowest BCUT2D eigenvalue weighted by Crippen LogP contribution is -2.33. The molecule has 0 aromatic carbocycles. The molecular weight excluding hydrogens is 232 g/mol. The summed E-state index contributed by atoms with van der Waals surface area (Å²) in [6.45, 7) is 7.40. The summed E-state index contributed by atoms with van der Waals surface area (Å²) in [5, 5.41) is 21.3. The molecule has 0 aliphatic heterocycles. The SMILES string of the molecule is Cc1cc(C)c(C(=O)O)c(NC(C)(C)CCO)n1. The van der Waals surface area contributed by atoms with Gasteiger partial charge in [0, 0.05) is 17.8 Å². The molecule has 0 aliphatic rings. The molecule has 0 saturated heterocycles. The fourth-order valence-corrected chi connectivity index (χ4v) is 1.86. The molecule has 18 heavy (non-hydrogen) atoms. The van der Waals surface area contributed by atoms with Gasteiger partial charge in [0.2, 0.25) is 0 Å². The number of carboxylic acids is 1. The van der Waals surface area contributed by atoms with Gasteiger partial charge in [0.25, 0.3) is 0 Å². The van der Waals surface area contributed by atoms with Gasteiger partial charge in [-0.3, -0.25) is 0 Å². The van der Waals surface area contributed by atoms with Crippen LogP contribution >= 0.6 is 0 Å². The van der Waals surface area contributed by atoms with Crippen molar-refractivity contribution in [3.8, 4) is 0 Å². The maximum atomic E-state index is 11.3. The number of nitrogens with zero attached hydrogens (tertiary/aromatic N) is 1. The number of carboxylic acid groups (broad SMARTS) is 1. The topological polar surface area (TPSA) is 82.5 Å². The summed E-state index contributed by atoms with van der Waals surface area (Å²) in [4.78, 5) is 15.5. The molecule has 0 amide bonds. The average molecular weight is 252 g/mol. The summed E-state index contributed by atoms with van der Waals surface area (Å²) in [7, 11) is 0. The first-order valence-corrected chi connectivity index (χ1v) is 5.87. The number of hydrogen-bond acceptors (Lipinski definition) is 4. The fraction of sp³-hybridized carbons (Fsp3) is 0.538. The van der Waals surface area contributed by atoms with E-state index < -0.39 is 11.5 Å². The summed E-state index contributed by atoms with van der Waals surface area (Å²) in [6.07, 6.45) is 0.515. The van der Waals surface area contributed by atoms with Crippen LogP contribution in [0, 0.1) is 13.8 Å². The highest BCUT2D eigenvalue weighted by Crippen LogP contribution is 2.23. The lowest BCUT2D eigenvalue weighted by Gasteiger charge is -2.27. The van der Waals surface area contributed by atoms with E-state index in [1.165, 1.54) is 0 Å². The predicted octanol–water partition coefficient (Wildman–Crippen LogP) is 1.97. The van der Waals surface area contributed by atoms with Crippen LogP contribution in [0.3, 0.4) is 0 Å². The Morgan fingerprint density at radius 3 is 2.56 bits per heavy atom. The van der Waals surface area contributed by atoms with Gasteiger partial charge in [-0.2, -0.15) is 0 Å². The van der Waals surface area contributed by atoms with E-state index >= 15 is 0 Å². The largest absolute Gasteiger partial charge is 0.478 e. The summed E-state index contributed by atoms with van der Waals surface area (Å²) >= 11 is 0. The van der Waals surface area contributed by atoms with Gasteiger partial charge in [0.1, 0.15) is 11.4 Å². The number of anilines is 1. The normalized spacial score (nSPS) is 11.4. The minimum Gasteiger partial charge on any atom is -0.478 e. The molecular formula is C13H20N2O3. The Morgan fingerprint density at radius 1 is 1.44 bits per heavy atom. The van der Waals surface area contributed by atoms with Crippen molar-refractivity contribution in [2.75, 3.05) is 11.9 Å². The zero-order valence-electron chi connectivity index (χ0n) is 11.2. The van der Waals surface area contributed by atoms with E-state index in [9.17, 15) is 9.90 Å². The molecule has 1 aromatic rings. The molecule has 3 N–H and O–H groups in total. The van der Waals surface area contributed by atoms with Gasteiger partial charge in [0.05, 0.1) is 0 Å². The van der Waals surface area contributed by atoms with Gasteiger partial charge < -0.3 is 15.5 Å². The number of pyridine rings is 1. The highest BCUT2D eigenvalue weighted by molar-refractivity contribution is 5.95. The molecule has 5 heteroatoms. The summed E-state index contributed by atoms with van der Waals surface area (Å²) in [5.41, 5.74) is 1.22. The van der Waals surface area contributed by atoms with E-state index in [4.69, 9.17) is 5.11 Å². The molecule has 0 saturated carbocycles. The standard InChI is InChI=1S/C13H20N2O3/c1-8-7-9(2)14-11(10(8)12(17)18)15-13(3,4)5-6-16/h7,16H,5-6H2,1-4H3,(H,14,15)(H,17,18). The lowest BCUT2D eigenvalue weighted by atomic mass is 10.00. The molecule has 0 atom stereocenters. The third kappa shape index (κ3) is 3.43. The Labute approximate surface area is 107 Å². The van der Waals surface area contributed by atoms with Crippen molar-refractivity contribution in [3.05, 3.63) is 22.9 Å². The number of nitrogens with one attached hydrogen (secondary N) is 1. The van der Waals surface area contributed by atoms with Crippen molar-refractivity contribution >= 4 is 11.8 Å². The molecule has 0 fully saturated rings. The quantitative estimate of drug-likeness (QED) is 0.746. The first-order valence-electron chi connectivity index (χ1n) is 5.87. The highest BCUT2D eigenvalue weighted by atomic mass is 16.4. The maximum absolute atomic E-state index is 11.3. The third-order valence-electron chi connectivity index (χ3n) is 2.75. The van der Waals surface area contributed by atoms with E-state index in [-0.39, 0.29) is 12.2 Å². The number of carbonyl (C=O) groups is 1. The molecule has 0 radical (unpaired) electrons. The predicted molar refractivity (Wildman–Crippen MR) is 70.1 cm³/mol. The van der Waals surface area contributed by atoms with Gasteiger partial charge in [-0.15, -0.1) is 0 Å². The number of rotatable bonds is 5. The van der Waals surface area contributed by atoms with Gasteiger partial charge >= 0.3 is 5.97 Å². The van der Waals surface area contributed by atoms with Crippen LogP contribution in [-0.2, 0) is 0 Å². The van der Waals surface area contributed by atoms with Crippen molar-refractivity contribution in [1.29, 1.82) is 0 Å². The summed E-state index contributed by atoms with van der Waals surface area (Å²) < 4.78 is 0. The van der Waals surface area contributed by atoms with Gasteiger partial charge in [-0.1, -0.05) is 0 Å². The van der Waals surface area contributed by atoms with Crippen molar-refractivity contribution in [3.63, 3.8) is 0 Å². The zero-order valence-corrected chi connectivity index (χ0v) is 11.2. The number of hydrogen-bond donors (Lipinski definition) is 3. The van der Waals surface area contributed by atoms with Crippen molar-refractivity contribution in [1.82, 2.24) is 4.98 Å². The second-order valence-electron chi connectivity index (χ2n) is 5.09. The molecule has 0 spiro atoms. The average Bonchev–Trinajstić information content (AvgIpc) is 2.13. The van der Waals surface area contributed by atoms with Gasteiger partial charge in [-0.05, 0) is 45.7 Å². The first-order chi connectivity index (χ1) is 8.26. The van der Waals surface area contributed by atoms with E-state index in [1.54, 1.807) is 13.0 Å². The Bertz CT molecular complexity index is 456. The Balaban J connectivity index is 3.19.